The number of nitro groups is 1. The molecule has 0 unspecified atom stereocenters. The van der Waals surface area contributed by atoms with E-state index in [1.165, 1.54) is 18.3 Å². The van der Waals surface area contributed by atoms with Crippen LogP contribution in [0.25, 0.3) is 11.4 Å². The van der Waals surface area contributed by atoms with Gasteiger partial charge in [0.25, 0.3) is 11.6 Å². The van der Waals surface area contributed by atoms with Crippen molar-refractivity contribution in [2.24, 2.45) is 0 Å². The van der Waals surface area contributed by atoms with E-state index >= 15 is 0 Å². The van der Waals surface area contributed by atoms with Gasteiger partial charge in [0.15, 0.2) is 6.61 Å². The molecule has 1 N–H and O–H groups in total. The Morgan fingerprint density at radius 3 is 2.84 bits per heavy atom. The van der Waals surface area contributed by atoms with Crippen LogP contribution < -0.4 is 4.72 Å². The molecular formula is C17H15N5O7S2. The lowest BCUT2D eigenvalue weighted by Gasteiger charge is -2.07. The van der Waals surface area contributed by atoms with Gasteiger partial charge in [-0.3, -0.25) is 19.9 Å². The zero-order chi connectivity index (χ0) is 22.4. The summed E-state index contributed by atoms with van der Waals surface area (Å²) in [6.07, 6.45) is 4.75. The van der Waals surface area contributed by atoms with Crippen molar-refractivity contribution in [3.8, 4) is 11.4 Å². The van der Waals surface area contributed by atoms with Gasteiger partial charge in [-0.25, -0.2) is 8.42 Å². The molecule has 0 fully saturated rings. The first kappa shape index (κ1) is 22.3. The first-order chi connectivity index (χ1) is 14.8. The molecule has 12 nitrogen and oxygen atoms in total. The number of nitrogens with zero attached hydrogens (tertiary/aromatic N) is 4. The van der Waals surface area contributed by atoms with Gasteiger partial charge in [0.1, 0.15) is 6.54 Å². The predicted octanol–water partition coefficient (Wildman–Crippen LogP) is 1.78. The molecule has 0 aliphatic carbocycles. The summed E-state index contributed by atoms with van der Waals surface area (Å²) in [6.45, 7) is -1.05. The lowest BCUT2D eigenvalue weighted by molar-refractivity contribution is -0.387. The topological polar surface area (TPSA) is 167 Å². The molecule has 31 heavy (non-hydrogen) atoms. The summed E-state index contributed by atoms with van der Waals surface area (Å²) < 4.78 is 36.6. The van der Waals surface area contributed by atoms with Crippen LogP contribution in [0.5, 0.6) is 0 Å². The van der Waals surface area contributed by atoms with Gasteiger partial charge >= 0.3 is 5.97 Å². The Morgan fingerprint density at radius 1 is 1.35 bits per heavy atom. The molecule has 162 valence electrons. The standard InChI is InChI=1S/C17H15N5O7S2/c1-30-14-5-4-12(7-13(14)22(24)25)31(26,27)19-9-16(23)28-10-15-20-17(21-29-15)11-3-2-6-18-8-11/h2-8,19H,9-10H2,1H3. The summed E-state index contributed by atoms with van der Waals surface area (Å²) in [7, 11) is -4.17. The van der Waals surface area contributed by atoms with Crippen molar-refractivity contribution in [1.82, 2.24) is 19.8 Å². The minimum Gasteiger partial charge on any atom is -0.455 e. The molecule has 0 bridgehead atoms. The molecule has 14 heteroatoms. The van der Waals surface area contributed by atoms with E-state index in [-0.39, 0.29) is 28.9 Å². The van der Waals surface area contributed by atoms with Crippen LogP contribution in [0.1, 0.15) is 5.89 Å². The third kappa shape index (κ3) is 5.62. The number of aromatic nitrogens is 3. The largest absolute Gasteiger partial charge is 0.455 e. The van der Waals surface area contributed by atoms with Crippen LogP contribution in [0, 0.1) is 10.1 Å². The second kappa shape index (κ2) is 9.63. The van der Waals surface area contributed by atoms with Gasteiger partial charge in [-0.15, -0.1) is 11.8 Å². The molecule has 0 saturated heterocycles. The van der Waals surface area contributed by atoms with E-state index in [1.54, 1.807) is 24.6 Å². The summed E-state index contributed by atoms with van der Waals surface area (Å²) in [5, 5.41) is 14.9. The average molecular weight is 465 g/mol. The van der Waals surface area contributed by atoms with Gasteiger partial charge in [-0.1, -0.05) is 5.16 Å². The van der Waals surface area contributed by atoms with Gasteiger partial charge in [0.05, 0.1) is 14.7 Å². The molecule has 3 aromatic rings. The van der Waals surface area contributed by atoms with Gasteiger partial charge in [0, 0.05) is 24.0 Å². The molecule has 0 amide bonds. The van der Waals surface area contributed by atoms with E-state index in [9.17, 15) is 23.3 Å². The zero-order valence-electron chi connectivity index (χ0n) is 15.9. The summed E-state index contributed by atoms with van der Waals surface area (Å²) in [4.78, 5) is 30.3. The number of rotatable bonds is 9. The van der Waals surface area contributed by atoms with Crippen LogP contribution >= 0.6 is 11.8 Å². The smallest absolute Gasteiger partial charge is 0.321 e. The summed E-state index contributed by atoms with van der Waals surface area (Å²) in [5.41, 5.74) is 0.261. The third-order valence-corrected chi connectivity index (χ3v) is 5.99. The first-order valence-corrected chi connectivity index (χ1v) is 11.2. The molecule has 3 rings (SSSR count). The Bertz CT molecular complexity index is 1200. The highest BCUT2D eigenvalue weighted by atomic mass is 32.2. The van der Waals surface area contributed by atoms with Crippen LogP contribution in [0.15, 0.2) is 57.0 Å². The molecule has 2 heterocycles. The van der Waals surface area contributed by atoms with Crippen LogP contribution in [-0.2, 0) is 26.2 Å². The van der Waals surface area contributed by atoms with E-state index in [0.717, 1.165) is 17.8 Å². The molecule has 0 aliphatic rings. The highest BCUT2D eigenvalue weighted by molar-refractivity contribution is 7.98. The Morgan fingerprint density at radius 2 is 2.16 bits per heavy atom. The number of esters is 1. The SMILES string of the molecule is CSc1ccc(S(=O)(=O)NCC(=O)OCc2nc(-c3cccnc3)no2)cc1[N+](=O)[O-]. The number of carbonyl (C=O) groups excluding carboxylic acids is 1. The Hall–Kier alpha value is -3.36. The van der Waals surface area contributed by atoms with Gasteiger partial charge in [-0.05, 0) is 30.5 Å². The number of nitro benzene ring substituents is 1. The first-order valence-electron chi connectivity index (χ1n) is 8.51. The highest BCUT2D eigenvalue weighted by Gasteiger charge is 2.22. The highest BCUT2D eigenvalue weighted by Crippen LogP contribution is 2.29. The van der Waals surface area contributed by atoms with Crippen molar-refractivity contribution in [3.05, 3.63) is 58.7 Å². The quantitative estimate of drug-likeness (QED) is 0.212. The predicted molar refractivity (Wildman–Crippen MR) is 107 cm³/mol. The summed E-state index contributed by atoms with van der Waals surface area (Å²) >= 11 is 1.11. The van der Waals surface area contributed by atoms with E-state index in [0.29, 0.717) is 10.5 Å². The third-order valence-electron chi connectivity index (χ3n) is 3.81. The molecule has 0 aliphatic heterocycles. The Labute approximate surface area is 180 Å². The number of thioether (sulfide) groups is 1. The number of sulfonamides is 1. The van der Waals surface area contributed by atoms with Crippen LogP contribution in [0.3, 0.4) is 0 Å². The normalized spacial score (nSPS) is 11.3. The van der Waals surface area contributed by atoms with E-state index in [2.05, 4.69) is 15.1 Å². The maximum absolute atomic E-state index is 12.4. The minimum absolute atomic E-state index is 0.0124. The van der Waals surface area contributed by atoms with Crippen LogP contribution in [0.2, 0.25) is 0 Å². The zero-order valence-corrected chi connectivity index (χ0v) is 17.6. The van der Waals surface area contributed by atoms with Crippen molar-refractivity contribution in [1.29, 1.82) is 0 Å². The molecule has 0 radical (unpaired) electrons. The molecule has 1 aromatic carbocycles. The lowest BCUT2D eigenvalue weighted by Crippen LogP contribution is -2.30. The molecular weight excluding hydrogens is 450 g/mol. The summed E-state index contributed by atoms with van der Waals surface area (Å²) in [6, 6.07) is 6.88. The van der Waals surface area contributed by atoms with Crippen molar-refractivity contribution >= 4 is 33.4 Å². The number of benzene rings is 1. The number of nitrogens with one attached hydrogen (secondary N) is 1. The molecule has 0 spiro atoms. The lowest BCUT2D eigenvalue weighted by atomic mass is 10.3. The Kier molecular flexibility index (Phi) is 6.94. The number of carbonyl (C=O) groups is 1. The fourth-order valence-corrected chi connectivity index (χ4v) is 3.87. The minimum atomic E-state index is -4.17. The van der Waals surface area contributed by atoms with Gasteiger partial charge < -0.3 is 9.26 Å². The van der Waals surface area contributed by atoms with Crippen molar-refractivity contribution in [3.63, 3.8) is 0 Å². The maximum Gasteiger partial charge on any atom is 0.321 e. The van der Waals surface area contributed by atoms with E-state index < -0.39 is 27.5 Å². The maximum atomic E-state index is 12.4. The molecule has 0 atom stereocenters. The monoisotopic (exact) mass is 465 g/mol. The fraction of sp³-hybridized carbons (Fsp3) is 0.176. The Balaban J connectivity index is 1.57. The van der Waals surface area contributed by atoms with Crippen LogP contribution in [-0.4, -0.2) is 47.2 Å². The molecule has 2 aromatic heterocycles. The van der Waals surface area contributed by atoms with Crippen molar-refractivity contribution < 1.29 is 27.4 Å². The van der Waals surface area contributed by atoms with Crippen molar-refractivity contribution in [2.75, 3.05) is 12.8 Å². The second-order valence-electron chi connectivity index (χ2n) is 5.83. The van der Waals surface area contributed by atoms with E-state index in [4.69, 9.17) is 9.26 Å². The van der Waals surface area contributed by atoms with Gasteiger partial charge in [-0.2, -0.15) is 9.71 Å². The molecule has 0 saturated carbocycles. The second-order valence-corrected chi connectivity index (χ2v) is 8.44. The fourth-order valence-electron chi connectivity index (χ4n) is 2.34. The number of ether oxygens (including phenoxy) is 1. The van der Waals surface area contributed by atoms with Crippen molar-refractivity contribution in [2.45, 2.75) is 16.4 Å². The number of pyridine rings is 1. The number of hydrogen-bond acceptors (Lipinski definition) is 11. The summed E-state index contributed by atoms with van der Waals surface area (Å²) in [5.74, 6) is -0.631. The van der Waals surface area contributed by atoms with E-state index in [1.807, 2.05) is 4.72 Å². The average Bonchev–Trinajstić information content (AvgIpc) is 3.25. The van der Waals surface area contributed by atoms with Gasteiger partial charge in [0.2, 0.25) is 15.8 Å². The van der Waals surface area contributed by atoms with Crippen LogP contribution in [0.4, 0.5) is 5.69 Å². The number of hydrogen-bond donors (Lipinski definition) is 1.